The highest BCUT2D eigenvalue weighted by atomic mass is 31.2. The van der Waals surface area contributed by atoms with Gasteiger partial charge in [-0.2, -0.15) is 0 Å². The Morgan fingerprint density at radius 3 is 2.41 bits per heavy atom. The normalized spacial score (nSPS) is 31.1. The lowest BCUT2D eigenvalue weighted by Gasteiger charge is -2.47. The molecule has 94 valence electrons. The van der Waals surface area contributed by atoms with Crippen LogP contribution < -0.4 is 10.6 Å². The molecule has 1 fully saturated rings. The van der Waals surface area contributed by atoms with E-state index in [9.17, 15) is 4.57 Å². The van der Waals surface area contributed by atoms with E-state index in [2.05, 4.69) is 10.3 Å². The summed E-state index contributed by atoms with van der Waals surface area (Å²) in [5, 5.41) is 3.56. The molecule has 17 heavy (non-hydrogen) atoms. The minimum atomic E-state index is -2.90. The highest BCUT2D eigenvalue weighted by Gasteiger charge is 2.50. The maximum atomic E-state index is 13.1. The second-order valence-electron chi connectivity index (χ2n) is 5.60. The number of nitrogens with zero attached hydrogens (tertiary/aromatic N) is 1. The van der Waals surface area contributed by atoms with Crippen LogP contribution in [0.3, 0.4) is 0 Å². The van der Waals surface area contributed by atoms with Crippen molar-refractivity contribution in [3.8, 4) is 0 Å². The van der Waals surface area contributed by atoms with Gasteiger partial charge >= 0.3 is 0 Å². The van der Waals surface area contributed by atoms with Gasteiger partial charge in [0.25, 0.3) is 7.37 Å². The van der Waals surface area contributed by atoms with Crippen LogP contribution in [0, 0.1) is 0 Å². The van der Waals surface area contributed by atoms with Crippen molar-refractivity contribution in [1.29, 1.82) is 0 Å². The van der Waals surface area contributed by atoms with E-state index in [-0.39, 0.29) is 5.54 Å². The molecule has 0 saturated carbocycles. The van der Waals surface area contributed by atoms with E-state index >= 15 is 0 Å². The average molecular weight is 254 g/mol. The molecule has 0 aromatic carbocycles. The predicted molar refractivity (Wildman–Crippen MR) is 68.7 cm³/mol. The highest BCUT2D eigenvalue weighted by molar-refractivity contribution is 7.68. The zero-order valence-corrected chi connectivity index (χ0v) is 11.6. The number of rotatable bonds is 1. The Bertz CT molecular complexity index is 457. The standard InChI is InChI=1S/C12H19N2O2P/c1-11(2)9-16-17(15,12(3,4)14-11)10-5-7-13-8-6-10/h5-8,14H,9H2,1-4H3. The Morgan fingerprint density at radius 1 is 1.29 bits per heavy atom. The van der Waals surface area contributed by atoms with Gasteiger partial charge in [-0.3, -0.25) is 14.9 Å². The van der Waals surface area contributed by atoms with Crippen LogP contribution in [0.1, 0.15) is 27.7 Å². The van der Waals surface area contributed by atoms with E-state index in [1.54, 1.807) is 24.5 Å². The van der Waals surface area contributed by atoms with Crippen LogP contribution in [0.4, 0.5) is 0 Å². The largest absolute Gasteiger partial charge is 0.322 e. The highest BCUT2D eigenvalue weighted by Crippen LogP contribution is 2.59. The van der Waals surface area contributed by atoms with Crippen LogP contribution in [-0.4, -0.2) is 22.4 Å². The Kier molecular flexibility index (Phi) is 2.93. The third-order valence-corrected chi connectivity index (χ3v) is 6.04. The summed E-state index contributed by atoms with van der Waals surface area (Å²) in [4.78, 5) is 3.95. The fourth-order valence-corrected chi connectivity index (χ4v) is 4.89. The summed E-state index contributed by atoms with van der Waals surface area (Å²) in [6, 6.07) is 3.53. The van der Waals surface area contributed by atoms with E-state index in [1.165, 1.54) is 0 Å². The lowest BCUT2D eigenvalue weighted by molar-refractivity contribution is 0.147. The van der Waals surface area contributed by atoms with Gasteiger partial charge in [0.1, 0.15) is 0 Å². The summed E-state index contributed by atoms with van der Waals surface area (Å²) in [6.45, 7) is 8.38. The first kappa shape index (κ1) is 12.7. The maximum absolute atomic E-state index is 13.1. The molecular formula is C12H19N2O2P. The van der Waals surface area contributed by atoms with E-state index in [4.69, 9.17) is 4.52 Å². The maximum Gasteiger partial charge on any atom is 0.251 e. The van der Waals surface area contributed by atoms with Crippen molar-refractivity contribution in [3.05, 3.63) is 24.5 Å². The van der Waals surface area contributed by atoms with Gasteiger partial charge in [0.15, 0.2) is 0 Å². The van der Waals surface area contributed by atoms with Crippen LogP contribution in [0.5, 0.6) is 0 Å². The van der Waals surface area contributed by atoms with Crippen LogP contribution in [-0.2, 0) is 9.09 Å². The molecule has 0 radical (unpaired) electrons. The number of pyridine rings is 1. The van der Waals surface area contributed by atoms with E-state index < -0.39 is 12.6 Å². The van der Waals surface area contributed by atoms with E-state index in [0.717, 1.165) is 5.30 Å². The van der Waals surface area contributed by atoms with Crippen molar-refractivity contribution >= 4 is 12.7 Å². The molecule has 2 heterocycles. The van der Waals surface area contributed by atoms with Gasteiger partial charge in [-0.25, -0.2) is 0 Å². The Morgan fingerprint density at radius 2 is 1.88 bits per heavy atom. The van der Waals surface area contributed by atoms with Crippen molar-refractivity contribution in [2.24, 2.45) is 0 Å². The minimum absolute atomic E-state index is 0.162. The van der Waals surface area contributed by atoms with Crippen LogP contribution >= 0.6 is 7.37 Å². The van der Waals surface area contributed by atoms with E-state index in [1.807, 2.05) is 27.7 Å². The molecule has 1 saturated heterocycles. The molecule has 0 bridgehead atoms. The summed E-state index contributed by atoms with van der Waals surface area (Å²) in [5.74, 6) is 0. The molecule has 0 amide bonds. The van der Waals surface area contributed by atoms with Gasteiger partial charge in [-0.15, -0.1) is 0 Å². The fraction of sp³-hybridized carbons (Fsp3) is 0.583. The average Bonchev–Trinajstić information content (AvgIpc) is 2.24. The van der Waals surface area contributed by atoms with Crippen LogP contribution in [0.15, 0.2) is 24.5 Å². The minimum Gasteiger partial charge on any atom is -0.322 e. The molecule has 0 spiro atoms. The fourth-order valence-electron chi connectivity index (χ4n) is 2.29. The monoisotopic (exact) mass is 254 g/mol. The van der Waals surface area contributed by atoms with Crippen molar-refractivity contribution in [2.45, 2.75) is 38.5 Å². The summed E-state index contributed by atoms with van der Waals surface area (Å²) < 4.78 is 18.8. The molecule has 5 heteroatoms. The molecule has 1 N–H and O–H groups in total. The molecule has 4 nitrogen and oxygen atoms in total. The zero-order valence-electron chi connectivity index (χ0n) is 10.7. The van der Waals surface area contributed by atoms with Gasteiger partial charge in [-0.05, 0) is 39.8 Å². The first-order valence-corrected chi connectivity index (χ1v) is 7.34. The summed E-state index contributed by atoms with van der Waals surface area (Å²) in [7, 11) is -2.90. The Hall–Kier alpha value is -0.700. The molecule has 1 aliphatic heterocycles. The number of aromatic nitrogens is 1. The second-order valence-corrected chi connectivity index (χ2v) is 8.59. The Balaban J connectivity index is 2.43. The van der Waals surface area contributed by atoms with Crippen molar-refractivity contribution < 1.29 is 9.09 Å². The predicted octanol–water partition coefficient (Wildman–Crippen LogP) is 2.12. The number of hydrogen-bond acceptors (Lipinski definition) is 4. The molecule has 0 aliphatic carbocycles. The summed E-state index contributed by atoms with van der Waals surface area (Å²) in [6.07, 6.45) is 3.29. The first-order chi connectivity index (χ1) is 7.77. The third-order valence-electron chi connectivity index (χ3n) is 2.99. The summed E-state index contributed by atoms with van der Waals surface area (Å²) in [5.41, 5.74) is -0.162. The van der Waals surface area contributed by atoms with Gasteiger partial charge in [0.05, 0.1) is 11.9 Å². The quantitative estimate of drug-likeness (QED) is 0.780. The van der Waals surface area contributed by atoms with Gasteiger partial charge < -0.3 is 4.52 Å². The Labute approximate surface area is 102 Å². The molecule has 1 unspecified atom stereocenters. The van der Waals surface area contributed by atoms with Crippen molar-refractivity contribution in [2.75, 3.05) is 6.61 Å². The van der Waals surface area contributed by atoms with Crippen LogP contribution in [0.2, 0.25) is 0 Å². The molecule has 1 aliphatic rings. The number of nitrogens with one attached hydrogen (secondary N) is 1. The lowest BCUT2D eigenvalue weighted by Crippen LogP contribution is -2.59. The van der Waals surface area contributed by atoms with Crippen molar-refractivity contribution in [1.82, 2.24) is 10.3 Å². The number of hydrogen-bond donors (Lipinski definition) is 1. The molecule has 1 atom stereocenters. The molecule has 1 aromatic heterocycles. The molecule has 1 aromatic rings. The van der Waals surface area contributed by atoms with E-state index in [0.29, 0.717) is 6.61 Å². The summed E-state index contributed by atoms with van der Waals surface area (Å²) >= 11 is 0. The second kappa shape index (κ2) is 3.91. The van der Waals surface area contributed by atoms with Crippen LogP contribution in [0.25, 0.3) is 0 Å². The van der Waals surface area contributed by atoms with Gasteiger partial charge in [-0.1, -0.05) is 0 Å². The van der Waals surface area contributed by atoms with Gasteiger partial charge in [0, 0.05) is 23.2 Å². The third kappa shape index (κ3) is 2.17. The molecular weight excluding hydrogens is 235 g/mol. The van der Waals surface area contributed by atoms with Gasteiger partial charge in [0.2, 0.25) is 0 Å². The SMILES string of the molecule is CC1(C)COP(=O)(c2ccncc2)C(C)(C)N1. The smallest absolute Gasteiger partial charge is 0.251 e. The molecule has 2 rings (SSSR count). The lowest BCUT2D eigenvalue weighted by atomic mass is 10.1. The van der Waals surface area contributed by atoms with Crippen molar-refractivity contribution in [3.63, 3.8) is 0 Å². The topological polar surface area (TPSA) is 51.2 Å². The zero-order chi connectivity index (χ0) is 12.7. The first-order valence-electron chi connectivity index (χ1n) is 5.72.